The van der Waals surface area contributed by atoms with E-state index in [-0.39, 0.29) is 0 Å². The predicted molar refractivity (Wildman–Crippen MR) is 54.3 cm³/mol. The minimum atomic E-state index is -0.571. The molecule has 1 aliphatic heterocycles. The quantitative estimate of drug-likeness (QED) is 0.812. The van der Waals surface area contributed by atoms with Crippen LogP contribution in [0.3, 0.4) is 0 Å². The first-order valence-electron chi connectivity index (χ1n) is 5.36. The van der Waals surface area contributed by atoms with E-state index in [2.05, 4.69) is 24.0 Å². The summed E-state index contributed by atoms with van der Waals surface area (Å²) < 4.78 is 10.5. The van der Waals surface area contributed by atoms with E-state index in [1.807, 2.05) is 0 Å². The fraction of sp³-hybridized carbons (Fsp3) is 0.800. The molecule has 0 amide bonds. The van der Waals surface area contributed by atoms with Gasteiger partial charge in [0.1, 0.15) is 5.54 Å². The number of hydrogen-bond acceptors (Lipinski definition) is 5. The van der Waals surface area contributed by atoms with Crippen LogP contribution in [-0.4, -0.2) is 23.4 Å². The minimum Gasteiger partial charge on any atom is -0.379 e. The Morgan fingerprint density at radius 3 is 3.00 bits per heavy atom. The molecule has 0 bridgehead atoms. The van der Waals surface area contributed by atoms with E-state index in [0.29, 0.717) is 25.0 Å². The second kappa shape index (κ2) is 3.90. The Kier molecular flexibility index (Phi) is 2.75. The molecule has 0 saturated carbocycles. The summed E-state index contributed by atoms with van der Waals surface area (Å²) in [5.74, 6) is 1.56. The highest BCUT2D eigenvalue weighted by Crippen LogP contribution is 2.27. The first-order chi connectivity index (χ1) is 7.15. The largest absolute Gasteiger partial charge is 0.379 e. The van der Waals surface area contributed by atoms with Crippen LogP contribution in [-0.2, 0) is 10.3 Å². The van der Waals surface area contributed by atoms with E-state index in [4.69, 9.17) is 15.0 Å². The molecule has 15 heavy (non-hydrogen) atoms. The normalized spacial score (nSPS) is 28.2. The molecule has 2 heterocycles. The first-order valence-corrected chi connectivity index (χ1v) is 5.36. The average molecular weight is 211 g/mol. The fourth-order valence-electron chi connectivity index (χ4n) is 1.57. The van der Waals surface area contributed by atoms with Crippen molar-refractivity contribution in [2.75, 3.05) is 13.2 Å². The Morgan fingerprint density at radius 2 is 2.40 bits per heavy atom. The lowest BCUT2D eigenvalue weighted by molar-refractivity contribution is 0.166. The summed E-state index contributed by atoms with van der Waals surface area (Å²) in [6.45, 7) is 5.30. The Morgan fingerprint density at radius 1 is 1.60 bits per heavy atom. The maximum Gasteiger partial charge on any atom is 0.249 e. The molecule has 1 aromatic rings. The summed E-state index contributed by atoms with van der Waals surface area (Å²) in [6.07, 6.45) is 1.74. The standard InChI is InChI=1S/C10H17N3O2/c1-3-7(2)8-12-9(15-13-8)10(11)4-5-14-6-10/h7H,3-6,11H2,1-2H3. The van der Waals surface area contributed by atoms with Crippen LogP contribution < -0.4 is 5.73 Å². The fourth-order valence-corrected chi connectivity index (χ4v) is 1.57. The Labute approximate surface area is 89.0 Å². The van der Waals surface area contributed by atoms with Gasteiger partial charge in [-0.3, -0.25) is 0 Å². The third-order valence-electron chi connectivity index (χ3n) is 2.97. The number of ether oxygens (including phenoxy) is 1. The zero-order chi connectivity index (χ0) is 10.9. The highest BCUT2D eigenvalue weighted by molar-refractivity contribution is 5.06. The Balaban J connectivity index is 2.19. The van der Waals surface area contributed by atoms with Gasteiger partial charge in [-0.15, -0.1) is 0 Å². The van der Waals surface area contributed by atoms with E-state index in [9.17, 15) is 0 Å². The number of hydrogen-bond donors (Lipinski definition) is 1. The van der Waals surface area contributed by atoms with E-state index in [0.717, 1.165) is 18.7 Å². The first kappa shape index (κ1) is 10.6. The summed E-state index contributed by atoms with van der Waals surface area (Å²) in [6, 6.07) is 0. The van der Waals surface area contributed by atoms with E-state index >= 15 is 0 Å². The highest BCUT2D eigenvalue weighted by Gasteiger charge is 2.38. The molecule has 84 valence electrons. The molecular weight excluding hydrogens is 194 g/mol. The molecule has 0 aliphatic carbocycles. The van der Waals surface area contributed by atoms with Gasteiger partial charge in [-0.1, -0.05) is 19.0 Å². The molecule has 2 unspecified atom stereocenters. The van der Waals surface area contributed by atoms with Crippen LogP contribution in [0.15, 0.2) is 4.52 Å². The van der Waals surface area contributed by atoms with Crippen molar-refractivity contribution in [3.8, 4) is 0 Å². The maximum atomic E-state index is 6.11. The molecule has 0 aromatic carbocycles. The van der Waals surface area contributed by atoms with Crippen molar-refractivity contribution in [1.29, 1.82) is 0 Å². The zero-order valence-corrected chi connectivity index (χ0v) is 9.19. The third kappa shape index (κ3) is 1.89. The SMILES string of the molecule is CCC(C)c1noc(C2(N)CCOC2)n1. The number of aromatic nitrogens is 2. The molecule has 1 saturated heterocycles. The van der Waals surface area contributed by atoms with Crippen molar-refractivity contribution < 1.29 is 9.26 Å². The van der Waals surface area contributed by atoms with Gasteiger partial charge in [-0.25, -0.2) is 0 Å². The van der Waals surface area contributed by atoms with Gasteiger partial charge >= 0.3 is 0 Å². The summed E-state index contributed by atoms with van der Waals surface area (Å²) in [4.78, 5) is 4.35. The van der Waals surface area contributed by atoms with Gasteiger partial charge in [0.25, 0.3) is 0 Å². The molecule has 1 aromatic heterocycles. The van der Waals surface area contributed by atoms with Gasteiger partial charge < -0.3 is 15.0 Å². The van der Waals surface area contributed by atoms with E-state index < -0.39 is 5.54 Å². The van der Waals surface area contributed by atoms with Crippen LogP contribution in [0.4, 0.5) is 0 Å². The van der Waals surface area contributed by atoms with Gasteiger partial charge in [-0.05, 0) is 12.8 Å². The second-order valence-electron chi connectivity index (χ2n) is 4.23. The van der Waals surface area contributed by atoms with Gasteiger partial charge in [0.05, 0.1) is 6.61 Å². The van der Waals surface area contributed by atoms with Gasteiger partial charge in [0, 0.05) is 12.5 Å². The topological polar surface area (TPSA) is 74.2 Å². The average Bonchev–Trinajstić information content (AvgIpc) is 2.85. The smallest absolute Gasteiger partial charge is 0.249 e. The summed E-state index contributed by atoms with van der Waals surface area (Å²) in [7, 11) is 0. The molecule has 1 fully saturated rings. The summed E-state index contributed by atoms with van der Waals surface area (Å²) >= 11 is 0. The minimum absolute atomic E-state index is 0.313. The summed E-state index contributed by atoms with van der Waals surface area (Å²) in [5, 5.41) is 3.96. The molecule has 0 spiro atoms. The molecular formula is C10H17N3O2. The molecule has 5 nitrogen and oxygen atoms in total. The molecule has 0 radical (unpaired) electrons. The van der Waals surface area contributed by atoms with Crippen molar-refractivity contribution in [3.63, 3.8) is 0 Å². The highest BCUT2D eigenvalue weighted by atomic mass is 16.5. The lowest BCUT2D eigenvalue weighted by Gasteiger charge is -2.15. The third-order valence-corrected chi connectivity index (χ3v) is 2.97. The van der Waals surface area contributed by atoms with E-state index in [1.54, 1.807) is 0 Å². The lowest BCUT2D eigenvalue weighted by Crippen LogP contribution is -2.37. The number of nitrogens with two attached hydrogens (primary N) is 1. The Bertz CT molecular complexity index is 331. The van der Waals surface area contributed by atoms with Crippen molar-refractivity contribution >= 4 is 0 Å². The lowest BCUT2D eigenvalue weighted by atomic mass is 10.0. The molecule has 5 heteroatoms. The number of rotatable bonds is 3. The van der Waals surface area contributed by atoms with E-state index in [1.165, 1.54) is 0 Å². The monoisotopic (exact) mass is 211 g/mol. The van der Waals surface area contributed by atoms with Crippen LogP contribution in [0.5, 0.6) is 0 Å². The zero-order valence-electron chi connectivity index (χ0n) is 9.19. The van der Waals surface area contributed by atoms with Crippen molar-refractivity contribution in [1.82, 2.24) is 10.1 Å². The van der Waals surface area contributed by atoms with Crippen LogP contribution in [0.25, 0.3) is 0 Å². The Hall–Kier alpha value is -0.940. The van der Waals surface area contributed by atoms with Crippen LogP contribution in [0.1, 0.15) is 44.3 Å². The van der Waals surface area contributed by atoms with Crippen molar-refractivity contribution in [2.45, 2.75) is 38.1 Å². The van der Waals surface area contributed by atoms with Gasteiger partial charge in [0.2, 0.25) is 5.89 Å². The molecule has 2 atom stereocenters. The van der Waals surface area contributed by atoms with Crippen LogP contribution in [0.2, 0.25) is 0 Å². The number of nitrogens with zero attached hydrogens (tertiary/aromatic N) is 2. The summed E-state index contributed by atoms with van der Waals surface area (Å²) in [5.41, 5.74) is 5.54. The predicted octanol–water partition coefficient (Wildman–Crippen LogP) is 1.16. The van der Waals surface area contributed by atoms with Crippen LogP contribution >= 0.6 is 0 Å². The maximum absolute atomic E-state index is 6.11. The van der Waals surface area contributed by atoms with Crippen molar-refractivity contribution in [2.24, 2.45) is 5.73 Å². The molecule has 1 aliphatic rings. The van der Waals surface area contributed by atoms with Crippen molar-refractivity contribution in [3.05, 3.63) is 11.7 Å². The molecule has 2 rings (SSSR count). The van der Waals surface area contributed by atoms with Crippen LogP contribution in [0, 0.1) is 0 Å². The van der Waals surface area contributed by atoms with Gasteiger partial charge in [0.15, 0.2) is 5.82 Å². The van der Waals surface area contributed by atoms with Gasteiger partial charge in [-0.2, -0.15) is 4.98 Å². The molecule has 2 N–H and O–H groups in total. The second-order valence-corrected chi connectivity index (χ2v) is 4.23.